The van der Waals surface area contributed by atoms with Crippen molar-refractivity contribution >= 4 is 17.7 Å². The maximum Gasteiger partial charge on any atom is 0.319 e. The smallest absolute Gasteiger partial charge is 0.319 e. The number of carboxylic acids is 1. The van der Waals surface area contributed by atoms with E-state index in [1.165, 1.54) is 11.8 Å². The Morgan fingerprint density at radius 2 is 2.23 bits per heavy atom. The van der Waals surface area contributed by atoms with Gasteiger partial charge < -0.3 is 14.9 Å². The van der Waals surface area contributed by atoms with E-state index < -0.39 is 10.7 Å². The van der Waals surface area contributed by atoms with Crippen LogP contribution in [0, 0.1) is 0 Å². The van der Waals surface area contributed by atoms with Gasteiger partial charge in [-0.3, -0.25) is 4.79 Å². The van der Waals surface area contributed by atoms with Gasteiger partial charge in [0.25, 0.3) is 0 Å². The summed E-state index contributed by atoms with van der Waals surface area (Å²) in [5.74, 6) is -0.421. The van der Waals surface area contributed by atoms with E-state index in [0.717, 1.165) is 0 Å². The number of aliphatic hydroxyl groups is 1. The number of carboxylic acid groups (broad SMARTS) is 1. The Kier molecular flexibility index (Phi) is 6.11. The molecule has 0 heterocycles. The zero-order valence-electron chi connectivity index (χ0n) is 7.95. The summed E-state index contributed by atoms with van der Waals surface area (Å²) in [4.78, 5) is 10.9. The van der Waals surface area contributed by atoms with Crippen LogP contribution in [0.1, 0.15) is 13.3 Å². The second-order valence-corrected chi connectivity index (χ2v) is 4.45. The van der Waals surface area contributed by atoms with E-state index in [1.807, 2.05) is 0 Å². The summed E-state index contributed by atoms with van der Waals surface area (Å²) in [6.07, 6.45) is 0.448. The molecule has 0 spiro atoms. The SMILES string of the molecule is COCCC(C)(SCCO)C(=O)O. The van der Waals surface area contributed by atoms with Crippen molar-refractivity contribution in [3.63, 3.8) is 0 Å². The van der Waals surface area contributed by atoms with Crippen molar-refractivity contribution < 1.29 is 19.7 Å². The van der Waals surface area contributed by atoms with E-state index in [9.17, 15) is 4.79 Å². The molecule has 0 saturated heterocycles. The van der Waals surface area contributed by atoms with Crippen LogP contribution in [0.25, 0.3) is 0 Å². The zero-order valence-corrected chi connectivity index (χ0v) is 8.76. The van der Waals surface area contributed by atoms with Crippen molar-refractivity contribution in [2.45, 2.75) is 18.1 Å². The fourth-order valence-corrected chi connectivity index (χ4v) is 1.70. The number of aliphatic hydroxyl groups excluding tert-OH is 1. The van der Waals surface area contributed by atoms with Gasteiger partial charge in [-0.05, 0) is 13.3 Å². The Balaban J connectivity index is 4.08. The molecule has 0 aliphatic carbocycles. The van der Waals surface area contributed by atoms with Gasteiger partial charge >= 0.3 is 5.97 Å². The minimum absolute atomic E-state index is 0.000515. The lowest BCUT2D eigenvalue weighted by atomic mass is 10.1. The largest absolute Gasteiger partial charge is 0.480 e. The molecule has 5 heteroatoms. The highest BCUT2D eigenvalue weighted by Gasteiger charge is 2.32. The van der Waals surface area contributed by atoms with Gasteiger partial charge in [0.05, 0.1) is 6.61 Å². The van der Waals surface area contributed by atoms with Crippen LogP contribution in [-0.2, 0) is 9.53 Å². The fraction of sp³-hybridized carbons (Fsp3) is 0.875. The van der Waals surface area contributed by atoms with Crippen LogP contribution in [0.4, 0.5) is 0 Å². The monoisotopic (exact) mass is 208 g/mol. The van der Waals surface area contributed by atoms with Crippen molar-refractivity contribution in [2.75, 3.05) is 26.1 Å². The molecule has 0 aromatic rings. The highest BCUT2D eigenvalue weighted by molar-refractivity contribution is 8.01. The predicted octanol–water partition coefficient (Wildman–Crippen LogP) is 0.592. The summed E-state index contributed by atoms with van der Waals surface area (Å²) in [5, 5.41) is 17.5. The van der Waals surface area contributed by atoms with E-state index in [0.29, 0.717) is 18.8 Å². The van der Waals surface area contributed by atoms with E-state index in [1.54, 1.807) is 14.0 Å². The highest BCUT2D eigenvalue weighted by Crippen LogP contribution is 2.28. The molecule has 0 fully saturated rings. The second-order valence-electron chi connectivity index (χ2n) is 2.85. The lowest BCUT2D eigenvalue weighted by Crippen LogP contribution is -2.33. The molecule has 1 unspecified atom stereocenters. The number of methoxy groups -OCH3 is 1. The summed E-state index contributed by atoms with van der Waals surface area (Å²) in [6, 6.07) is 0. The second kappa shape index (κ2) is 6.23. The van der Waals surface area contributed by atoms with Crippen LogP contribution in [-0.4, -0.2) is 47.0 Å². The van der Waals surface area contributed by atoms with Gasteiger partial charge in [0.1, 0.15) is 4.75 Å². The number of rotatable bonds is 7. The molecule has 1 atom stereocenters. The third kappa shape index (κ3) is 4.50. The molecule has 0 aliphatic rings. The van der Waals surface area contributed by atoms with Crippen molar-refractivity contribution in [1.82, 2.24) is 0 Å². The van der Waals surface area contributed by atoms with Crippen molar-refractivity contribution in [1.29, 1.82) is 0 Å². The van der Waals surface area contributed by atoms with Gasteiger partial charge in [0.2, 0.25) is 0 Å². The lowest BCUT2D eigenvalue weighted by molar-refractivity contribution is -0.139. The average molecular weight is 208 g/mol. The van der Waals surface area contributed by atoms with Gasteiger partial charge in [-0.1, -0.05) is 0 Å². The van der Waals surface area contributed by atoms with Gasteiger partial charge in [-0.15, -0.1) is 11.8 Å². The Hall–Kier alpha value is -0.260. The molecule has 0 bridgehead atoms. The summed E-state index contributed by atoms with van der Waals surface area (Å²) in [5.41, 5.74) is 0. The highest BCUT2D eigenvalue weighted by atomic mass is 32.2. The van der Waals surface area contributed by atoms with Crippen LogP contribution < -0.4 is 0 Å². The first-order chi connectivity index (χ1) is 6.06. The molecule has 0 aromatic heterocycles. The van der Waals surface area contributed by atoms with Crippen LogP contribution in [0.5, 0.6) is 0 Å². The summed E-state index contributed by atoms with van der Waals surface area (Å²) in [6.45, 7) is 2.07. The van der Waals surface area contributed by atoms with E-state index in [4.69, 9.17) is 14.9 Å². The summed E-state index contributed by atoms with van der Waals surface area (Å²) < 4.78 is 3.98. The topological polar surface area (TPSA) is 66.8 Å². The minimum atomic E-state index is -0.858. The number of thioether (sulfide) groups is 1. The van der Waals surface area contributed by atoms with Gasteiger partial charge in [-0.2, -0.15) is 0 Å². The number of hydrogen-bond acceptors (Lipinski definition) is 4. The molecule has 2 N–H and O–H groups in total. The lowest BCUT2D eigenvalue weighted by Gasteiger charge is -2.23. The van der Waals surface area contributed by atoms with Crippen LogP contribution in [0.2, 0.25) is 0 Å². The summed E-state index contributed by atoms with van der Waals surface area (Å²) in [7, 11) is 1.54. The third-order valence-corrected chi connectivity index (χ3v) is 3.15. The van der Waals surface area contributed by atoms with Gasteiger partial charge in [0, 0.05) is 19.5 Å². The molecule has 4 nitrogen and oxygen atoms in total. The van der Waals surface area contributed by atoms with Crippen molar-refractivity contribution in [3.05, 3.63) is 0 Å². The molecule has 78 valence electrons. The first kappa shape index (κ1) is 12.7. The number of carbonyl (C=O) groups is 1. The van der Waals surface area contributed by atoms with Crippen LogP contribution >= 0.6 is 11.8 Å². The molecule has 13 heavy (non-hydrogen) atoms. The normalized spacial score (nSPS) is 15.3. The molecule has 0 aliphatic heterocycles. The predicted molar refractivity (Wildman–Crippen MR) is 52.1 cm³/mol. The van der Waals surface area contributed by atoms with E-state index >= 15 is 0 Å². The Labute approximate surface area is 82.3 Å². The van der Waals surface area contributed by atoms with E-state index in [2.05, 4.69) is 0 Å². The third-order valence-electron chi connectivity index (χ3n) is 1.75. The quantitative estimate of drug-likeness (QED) is 0.641. The van der Waals surface area contributed by atoms with Crippen molar-refractivity contribution in [2.24, 2.45) is 0 Å². The van der Waals surface area contributed by atoms with Crippen LogP contribution in [0.3, 0.4) is 0 Å². The van der Waals surface area contributed by atoms with Gasteiger partial charge in [0.15, 0.2) is 0 Å². The Morgan fingerprint density at radius 1 is 1.62 bits per heavy atom. The molecular weight excluding hydrogens is 192 g/mol. The molecule has 0 radical (unpaired) electrons. The van der Waals surface area contributed by atoms with Crippen LogP contribution in [0.15, 0.2) is 0 Å². The zero-order chi connectivity index (χ0) is 10.3. The molecule has 0 amide bonds. The molecule has 0 saturated carbocycles. The van der Waals surface area contributed by atoms with Crippen molar-refractivity contribution in [3.8, 4) is 0 Å². The van der Waals surface area contributed by atoms with Gasteiger partial charge in [-0.25, -0.2) is 0 Å². The minimum Gasteiger partial charge on any atom is -0.480 e. The maximum atomic E-state index is 10.9. The molecule has 0 rings (SSSR count). The Bertz CT molecular complexity index is 152. The number of hydrogen-bond donors (Lipinski definition) is 2. The number of ether oxygens (including phenoxy) is 1. The average Bonchev–Trinajstić information content (AvgIpc) is 2.11. The Morgan fingerprint density at radius 3 is 2.62 bits per heavy atom. The maximum absolute atomic E-state index is 10.9. The number of aliphatic carboxylic acids is 1. The molecular formula is C8H16O4S. The standard InChI is InChI=1S/C8H16O4S/c1-8(7(10)11,3-5-12-2)13-6-4-9/h9H,3-6H2,1-2H3,(H,10,11). The fourth-order valence-electron chi connectivity index (χ4n) is 0.809. The first-order valence-corrected chi connectivity index (χ1v) is 5.02. The summed E-state index contributed by atoms with van der Waals surface area (Å²) >= 11 is 1.24. The first-order valence-electron chi connectivity index (χ1n) is 4.04. The molecule has 0 aromatic carbocycles. The van der Waals surface area contributed by atoms with E-state index in [-0.39, 0.29) is 6.61 Å².